The van der Waals surface area contributed by atoms with Crippen molar-refractivity contribution in [2.45, 2.75) is 26.7 Å². The van der Waals surface area contributed by atoms with Crippen molar-refractivity contribution < 1.29 is 0 Å². The molecule has 3 nitrogen and oxygen atoms in total. The standard InChI is InChI=1S/C11H23N3S/c1-3-15-9-8-14-6-4-11(2,5-7-14)10(12)13/h3-9H2,1-2H3,(H3,12,13). The predicted octanol–water partition coefficient (Wildman–Crippen LogP) is 1.78. The van der Waals surface area contributed by atoms with Crippen LogP contribution in [0.3, 0.4) is 0 Å². The van der Waals surface area contributed by atoms with Crippen molar-refractivity contribution in [3.8, 4) is 0 Å². The van der Waals surface area contributed by atoms with E-state index >= 15 is 0 Å². The van der Waals surface area contributed by atoms with Gasteiger partial charge in [0.05, 0.1) is 5.84 Å². The maximum absolute atomic E-state index is 7.57. The summed E-state index contributed by atoms with van der Waals surface area (Å²) < 4.78 is 0. The van der Waals surface area contributed by atoms with Crippen LogP contribution in [0.25, 0.3) is 0 Å². The Morgan fingerprint density at radius 1 is 1.47 bits per heavy atom. The number of hydrogen-bond donors (Lipinski definition) is 2. The van der Waals surface area contributed by atoms with E-state index in [0.717, 1.165) is 25.9 Å². The molecular formula is C11H23N3S. The van der Waals surface area contributed by atoms with E-state index in [0.29, 0.717) is 5.84 Å². The molecule has 0 unspecified atom stereocenters. The molecule has 0 radical (unpaired) electrons. The van der Waals surface area contributed by atoms with Gasteiger partial charge in [-0.3, -0.25) is 5.41 Å². The fraction of sp³-hybridized carbons (Fsp3) is 0.909. The molecule has 0 spiro atoms. The van der Waals surface area contributed by atoms with Crippen LogP contribution in [-0.2, 0) is 0 Å². The van der Waals surface area contributed by atoms with Crippen molar-refractivity contribution in [3.63, 3.8) is 0 Å². The zero-order chi connectivity index (χ0) is 11.3. The van der Waals surface area contributed by atoms with Crippen LogP contribution in [0.1, 0.15) is 26.7 Å². The lowest BCUT2D eigenvalue weighted by Crippen LogP contribution is -2.45. The summed E-state index contributed by atoms with van der Waals surface area (Å²) in [5.41, 5.74) is 5.60. The highest BCUT2D eigenvalue weighted by Gasteiger charge is 2.32. The number of hydrogen-bond acceptors (Lipinski definition) is 3. The molecule has 0 aromatic carbocycles. The number of amidine groups is 1. The molecule has 88 valence electrons. The van der Waals surface area contributed by atoms with E-state index in [-0.39, 0.29) is 5.41 Å². The van der Waals surface area contributed by atoms with Crippen LogP contribution < -0.4 is 5.73 Å². The summed E-state index contributed by atoms with van der Waals surface area (Å²) in [6.07, 6.45) is 2.08. The van der Waals surface area contributed by atoms with Gasteiger partial charge in [0.15, 0.2) is 0 Å². The molecule has 1 aliphatic heterocycles. The van der Waals surface area contributed by atoms with E-state index in [9.17, 15) is 0 Å². The van der Waals surface area contributed by atoms with Gasteiger partial charge in [0.25, 0.3) is 0 Å². The molecule has 1 fully saturated rings. The molecule has 0 saturated carbocycles. The summed E-state index contributed by atoms with van der Waals surface area (Å²) in [6, 6.07) is 0. The van der Waals surface area contributed by atoms with Gasteiger partial charge >= 0.3 is 0 Å². The van der Waals surface area contributed by atoms with Crippen LogP contribution in [0.2, 0.25) is 0 Å². The Kier molecular flexibility index (Phi) is 4.93. The lowest BCUT2D eigenvalue weighted by Gasteiger charge is -2.38. The highest BCUT2D eigenvalue weighted by molar-refractivity contribution is 7.99. The number of nitrogens with one attached hydrogen (secondary N) is 1. The molecule has 0 atom stereocenters. The molecule has 0 amide bonds. The van der Waals surface area contributed by atoms with Crippen molar-refractivity contribution in [1.29, 1.82) is 5.41 Å². The summed E-state index contributed by atoms with van der Waals surface area (Å²) in [5.74, 6) is 2.80. The molecule has 0 aromatic rings. The van der Waals surface area contributed by atoms with Gasteiger partial charge in [-0.2, -0.15) is 11.8 Å². The maximum Gasteiger partial charge on any atom is 0.0966 e. The Labute approximate surface area is 97.3 Å². The van der Waals surface area contributed by atoms with Crippen molar-refractivity contribution >= 4 is 17.6 Å². The average molecular weight is 229 g/mol. The lowest BCUT2D eigenvalue weighted by molar-refractivity contribution is 0.170. The molecule has 0 aromatic heterocycles. The lowest BCUT2D eigenvalue weighted by atomic mass is 9.79. The zero-order valence-corrected chi connectivity index (χ0v) is 10.7. The highest BCUT2D eigenvalue weighted by atomic mass is 32.2. The normalized spacial score (nSPS) is 21.5. The summed E-state index contributed by atoms with van der Waals surface area (Å²) in [4.78, 5) is 2.49. The number of likely N-dealkylation sites (tertiary alicyclic amines) is 1. The molecule has 4 heteroatoms. The Hall–Kier alpha value is -0.220. The molecule has 0 aliphatic carbocycles. The van der Waals surface area contributed by atoms with Gasteiger partial charge in [0, 0.05) is 17.7 Å². The van der Waals surface area contributed by atoms with Gasteiger partial charge < -0.3 is 10.6 Å². The second-order valence-electron chi connectivity index (χ2n) is 4.51. The fourth-order valence-corrected chi connectivity index (χ4v) is 2.55. The van der Waals surface area contributed by atoms with Gasteiger partial charge in [0.1, 0.15) is 0 Å². The minimum atomic E-state index is -0.0333. The van der Waals surface area contributed by atoms with Crippen LogP contribution in [0.15, 0.2) is 0 Å². The largest absolute Gasteiger partial charge is 0.387 e. The maximum atomic E-state index is 7.57. The Morgan fingerprint density at radius 3 is 2.53 bits per heavy atom. The van der Waals surface area contributed by atoms with Gasteiger partial charge in [-0.05, 0) is 31.7 Å². The number of nitrogens with two attached hydrogens (primary N) is 1. The number of thioether (sulfide) groups is 1. The van der Waals surface area contributed by atoms with Gasteiger partial charge in [0.2, 0.25) is 0 Å². The van der Waals surface area contributed by atoms with Crippen molar-refractivity contribution in [1.82, 2.24) is 4.90 Å². The minimum absolute atomic E-state index is 0.0333. The van der Waals surface area contributed by atoms with Crippen LogP contribution in [0.4, 0.5) is 0 Å². The molecule has 3 N–H and O–H groups in total. The smallest absolute Gasteiger partial charge is 0.0966 e. The molecule has 1 aliphatic rings. The molecule has 15 heavy (non-hydrogen) atoms. The molecule has 1 rings (SSSR count). The van der Waals surface area contributed by atoms with Crippen LogP contribution in [0, 0.1) is 10.8 Å². The van der Waals surface area contributed by atoms with Crippen LogP contribution in [0.5, 0.6) is 0 Å². The molecule has 1 saturated heterocycles. The second kappa shape index (κ2) is 5.75. The second-order valence-corrected chi connectivity index (χ2v) is 5.91. The topological polar surface area (TPSA) is 53.1 Å². The van der Waals surface area contributed by atoms with E-state index < -0.39 is 0 Å². The van der Waals surface area contributed by atoms with E-state index in [2.05, 4.69) is 18.7 Å². The molecular weight excluding hydrogens is 206 g/mol. The monoisotopic (exact) mass is 229 g/mol. The first-order valence-corrected chi connectivity index (χ1v) is 6.88. The highest BCUT2D eigenvalue weighted by Crippen LogP contribution is 2.30. The Bertz CT molecular complexity index is 210. The molecule has 0 bridgehead atoms. The van der Waals surface area contributed by atoms with E-state index in [4.69, 9.17) is 11.1 Å². The van der Waals surface area contributed by atoms with E-state index in [1.807, 2.05) is 11.8 Å². The first kappa shape index (κ1) is 12.8. The quantitative estimate of drug-likeness (QED) is 0.429. The molecule has 1 heterocycles. The van der Waals surface area contributed by atoms with Gasteiger partial charge in [-0.1, -0.05) is 13.8 Å². The Morgan fingerprint density at radius 2 is 2.07 bits per heavy atom. The number of nitrogens with zero attached hydrogens (tertiary/aromatic N) is 1. The number of piperidine rings is 1. The first-order chi connectivity index (χ1) is 7.08. The van der Waals surface area contributed by atoms with Gasteiger partial charge in [-0.25, -0.2) is 0 Å². The summed E-state index contributed by atoms with van der Waals surface area (Å²) in [6.45, 7) is 7.70. The fourth-order valence-electron chi connectivity index (χ4n) is 1.88. The van der Waals surface area contributed by atoms with Gasteiger partial charge in [-0.15, -0.1) is 0 Å². The summed E-state index contributed by atoms with van der Waals surface area (Å²) >= 11 is 2.00. The first-order valence-electron chi connectivity index (χ1n) is 5.73. The van der Waals surface area contributed by atoms with E-state index in [1.54, 1.807) is 0 Å². The SMILES string of the molecule is CCSCCN1CCC(C)(C(=N)N)CC1. The number of rotatable bonds is 5. The van der Waals surface area contributed by atoms with Crippen LogP contribution >= 0.6 is 11.8 Å². The van der Waals surface area contributed by atoms with Crippen molar-refractivity contribution in [2.24, 2.45) is 11.1 Å². The predicted molar refractivity (Wildman–Crippen MR) is 68.7 cm³/mol. The minimum Gasteiger partial charge on any atom is -0.387 e. The van der Waals surface area contributed by atoms with Crippen LogP contribution in [-0.4, -0.2) is 41.9 Å². The summed E-state index contributed by atoms with van der Waals surface area (Å²) in [5, 5.41) is 7.57. The summed E-state index contributed by atoms with van der Waals surface area (Å²) in [7, 11) is 0. The average Bonchev–Trinajstić information content (AvgIpc) is 2.21. The third kappa shape index (κ3) is 3.68. The van der Waals surface area contributed by atoms with E-state index in [1.165, 1.54) is 18.1 Å². The third-order valence-corrected chi connectivity index (χ3v) is 4.25. The Balaban J connectivity index is 2.26. The van der Waals surface area contributed by atoms with Crippen molar-refractivity contribution in [3.05, 3.63) is 0 Å². The zero-order valence-electron chi connectivity index (χ0n) is 9.88. The van der Waals surface area contributed by atoms with Crippen molar-refractivity contribution in [2.75, 3.05) is 31.1 Å². The third-order valence-electron chi connectivity index (χ3n) is 3.37.